The summed E-state index contributed by atoms with van der Waals surface area (Å²) in [7, 11) is 0. The standard InChI is InChI=1S/C18H19FO2/c1-4-12(2)14-8-10-15(11-9-14)21-17-7-5-6-16(19)18(17)13(3)20/h5-12H,4H2,1-3H3. The minimum atomic E-state index is -0.559. The average Bonchev–Trinajstić information content (AvgIpc) is 2.47. The van der Waals surface area contributed by atoms with E-state index in [1.165, 1.54) is 24.6 Å². The molecule has 0 aliphatic heterocycles. The predicted octanol–water partition coefficient (Wildman–Crippen LogP) is 5.33. The van der Waals surface area contributed by atoms with Gasteiger partial charge in [0.2, 0.25) is 0 Å². The van der Waals surface area contributed by atoms with Crippen molar-refractivity contribution in [2.75, 3.05) is 0 Å². The number of rotatable bonds is 5. The summed E-state index contributed by atoms with van der Waals surface area (Å²) in [4.78, 5) is 11.5. The van der Waals surface area contributed by atoms with Crippen molar-refractivity contribution < 1.29 is 13.9 Å². The zero-order valence-corrected chi connectivity index (χ0v) is 12.5. The van der Waals surface area contributed by atoms with Gasteiger partial charge in [-0.15, -0.1) is 0 Å². The van der Waals surface area contributed by atoms with Gasteiger partial charge in [-0.25, -0.2) is 4.39 Å². The lowest BCUT2D eigenvalue weighted by molar-refractivity contribution is 0.101. The van der Waals surface area contributed by atoms with E-state index in [1.54, 1.807) is 6.07 Å². The molecule has 0 saturated heterocycles. The van der Waals surface area contributed by atoms with Gasteiger partial charge in [0.15, 0.2) is 5.78 Å². The number of Topliss-reactive ketones (excluding diaryl/α,β-unsaturated/α-hetero) is 1. The molecule has 2 aromatic carbocycles. The number of hydrogen-bond acceptors (Lipinski definition) is 2. The van der Waals surface area contributed by atoms with Gasteiger partial charge in [0.1, 0.15) is 17.3 Å². The fraction of sp³-hybridized carbons (Fsp3) is 0.278. The summed E-state index contributed by atoms with van der Waals surface area (Å²) < 4.78 is 19.4. The summed E-state index contributed by atoms with van der Waals surface area (Å²) in [5.74, 6) is 0.422. The Morgan fingerprint density at radius 2 is 1.86 bits per heavy atom. The third-order valence-electron chi connectivity index (χ3n) is 3.62. The van der Waals surface area contributed by atoms with E-state index in [1.807, 2.05) is 24.3 Å². The number of ketones is 1. The summed E-state index contributed by atoms with van der Waals surface area (Å²) in [6.45, 7) is 5.63. The lowest BCUT2D eigenvalue weighted by atomic mass is 9.99. The number of ether oxygens (including phenoxy) is 1. The molecule has 0 bridgehead atoms. The van der Waals surface area contributed by atoms with E-state index in [0.717, 1.165) is 6.42 Å². The Labute approximate surface area is 124 Å². The Bertz CT molecular complexity index is 632. The van der Waals surface area contributed by atoms with Crippen molar-refractivity contribution in [1.29, 1.82) is 0 Å². The van der Waals surface area contributed by atoms with Crippen LogP contribution >= 0.6 is 0 Å². The van der Waals surface area contributed by atoms with Gasteiger partial charge in [0, 0.05) is 0 Å². The summed E-state index contributed by atoms with van der Waals surface area (Å²) in [6.07, 6.45) is 1.07. The van der Waals surface area contributed by atoms with E-state index in [0.29, 0.717) is 11.7 Å². The maximum atomic E-state index is 13.7. The smallest absolute Gasteiger partial charge is 0.166 e. The molecule has 0 aliphatic carbocycles. The number of halogens is 1. The van der Waals surface area contributed by atoms with E-state index < -0.39 is 5.82 Å². The van der Waals surface area contributed by atoms with Crippen LogP contribution in [0.2, 0.25) is 0 Å². The monoisotopic (exact) mass is 286 g/mol. The zero-order valence-electron chi connectivity index (χ0n) is 12.5. The summed E-state index contributed by atoms with van der Waals surface area (Å²) in [6, 6.07) is 12.1. The molecule has 0 aromatic heterocycles. The highest BCUT2D eigenvalue weighted by Gasteiger charge is 2.14. The van der Waals surface area contributed by atoms with Gasteiger partial charge >= 0.3 is 0 Å². The van der Waals surface area contributed by atoms with Crippen molar-refractivity contribution in [1.82, 2.24) is 0 Å². The van der Waals surface area contributed by atoms with Crippen LogP contribution in [0, 0.1) is 5.82 Å². The first-order chi connectivity index (χ1) is 10.0. The number of hydrogen-bond donors (Lipinski definition) is 0. The molecule has 0 radical (unpaired) electrons. The number of benzene rings is 2. The maximum Gasteiger partial charge on any atom is 0.166 e. The lowest BCUT2D eigenvalue weighted by Crippen LogP contribution is -2.01. The summed E-state index contributed by atoms with van der Waals surface area (Å²) in [5, 5.41) is 0. The first-order valence-electron chi connectivity index (χ1n) is 7.10. The highest BCUT2D eigenvalue weighted by molar-refractivity contribution is 5.97. The third kappa shape index (κ3) is 3.48. The maximum absolute atomic E-state index is 13.7. The normalized spacial score (nSPS) is 12.0. The van der Waals surface area contributed by atoms with Crippen molar-refractivity contribution in [2.45, 2.75) is 33.1 Å². The quantitative estimate of drug-likeness (QED) is 0.694. The van der Waals surface area contributed by atoms with Gasteiger partial charge in [-0.05, 0) is 49.1 Å². The number of carbonyl (C=O) groups excluding carboxylic acids is 1. The highest BCUT2D eigenvalue weighted by atomic mass is 19.1. The fourth-order valence-electron chi connectivity index (χ4n) is 2.16. The van der Waals surface area contributed by atoms with Crippen LogP contribution < -0.4 is 4.74 Å². The van der Waals surface area contributed by atoms with E-state index in [-0.39, 0.29) is 17.1 Å². The lowest BCUT2D eigenvalue weighted by Gasteiger charge is -2.12. The molecule has 0 fully saturated rings. The minimum absolute atomic E-state index is 0.0106. The van der Waals surface area contributed by atoms with Crippen LogP contribution in [-0.4, -0.2) is 5.78 Å². The minimum Gasteiger partial charge on any atom is -0.457 e. The Hall–Kier alpha value is -2.16. The molecule has 0 N–H and O–H groups in total. The second kappa shape index (κ2) is 6.53. The molecule has 0 amide bonds. The molecule has 110 valence electrons. The second-order valence-electron chi connectivity index (χ2n) is 5.15. The SMILES string of the molecule is CCC(C)c1ccc(Oc2cccc(F)c2C(C)=O)cc1. The molecule has 1 atom stereocenters. The Balaban J connectivity index is 2.27. The molecule has 2 rings (SSSR count). The molecule has 0 aliphatic rings. The van der Waals surface area contributed by atoms with Crippen molar-refractivity contribution >= 4 is 5.78 Å². The van der Waals surface area contributed by atoms with Crippen molar-refractivity contribution in [3.05, 3.63) is 59.4 Å². The largest absolute Gasteiger partial charge is 0.457 e. The third-order valence-corrected chi connectivity index (χ3v) is 3.62. The first kappa shape index (κ1) is 15.2. The van der Waals surface area contributed by atoms with Crippen molar-refractivity contribution in [2.24, 2.45) is 0 Å². The van der Waals surface area contributed by atoms with Gasteiger partial charge in [-0.3, -0.25) is 4.79 Å². The first-order valence-corrected chi connectivity index (χ1v) is 7.10. The van der Waals surface area contributed by atoms with E-state index in [4.69, 9.17) is 4.74 Å². The molecular formula is C18H19FO2. The second-order valence-corrected chi connectivity index (χ2v) is 5.15. The van der Waals surface area contributed by atoms with Crippen LogP contribution in [0.5, 0.6) is 11.5 Å². The summed E-state index contributed by atoms with van der Waals surface area (Å²) in [5.41, 5.74) is 1.22. The van der Waals surface area contributed by atoms with Crippen LogP contribution in [0.1, 0.15) is 49.0 Å². The predicted molar refractivity (Wildman–Crippen MR) is 81.6 cm³/mol. The Kier molecular flexibility index (Phi) is 4.73. The molecule has 0 spiro atoms. The van der Waals surface area contributed by atoms with Gasteiger partial charge in [-0.1, -0.05) is 32.0 Å². The van der Waals surface area contributed by atoms with Crippen LogP contribution in [0.15, 0.2) is 42.5 Å². The highest BCUT2D eigenvalue weighted by Crippen LogP contribution is 2.29. The molecule has 3 heteroatoms. The van der Waals surface area contributed by atoms with E-state index in [2.05, 4.69) is 13.8 Å². The number of carbonyl (C=O) groups is 1. The Morgan fingerprint density at radius 1 is 1.19 bits per heavy atom. The van der Waals surface area contributed by atoms with E-state index >= 15 is 0 Å². The molecular weight excluding hydrogens is 267 g/mol. The average molecular weight is 286 g/mol. The van der Waals surface area contributed by atoms with Crippen molar-refractivity contribution in [3.63, 3.8) is 0 Å². The van der Waals surface area contributed by atoms with Crippen molar-refractivity contribution in [3.8, 4) is 11.5 Å². The molecule has 2 aromatic rings. The molecule has 0 saturated carbocycles. The van der Waals surface area contributed by atoms with Crippen LogP contribution in [-0.2, 0) is 0 Å². The molecule has 0 heterocycles. The van der Waals surface area contributed by atoms with Gasteiger partial charge in [0.25, 0.3) is 0 Å². The molecule has 1 unspecified atom stereocenters. The van der Waals surface area contributed by atoms with Crippen LogP contribution in [0.4, 0.5) is 4.39 Å². The molecule has 2 nitrogen and oxygen atoms in total. The fourth-order valence-corrected chi connectivity index (χ4v) is 2.16. The summed E-state index contributed by atoms with van der Waals surface area (Å²) >= 11 is 0. The van der Waals surface area contributed by atoms with Gasteiger partial charge < -0.3 is 4.74 Å². The topological polar surface area (TPSA) is 26.3 Å². The zero-order chi connectivity index (χ0) is 15.4. The van der Waals surface area contributed by atoms with Gasteiger partial charge in [0.05, 0.1) is 5.56 Å². The van der Waals surface area contributed by atoms with Gasteiger partial charge in [-0.2, -0.15) is 0 Å². The van der Waals surface area contributed by atoms with E-state index in [9.17, 15) is 9.18 Å². The van der Waals surface area contributed by atoms with Crippen LogP contribution in [0.25, 0.3) is 0 Å². The Morgan fingerprint density at radius 3 is 2.43 bits per heavy atom. The molecule has 21 heavy (non-hydrogen) atoms. The van der Waals surface area contributed by atoms with Crippen LogP contribution in [0.3, 0.4) is 0 Å².